The number of furan rings is 1. The molecule has 0 saturated carbocycles. The Labute approximate surface area is 202 Å². The lowest BCUT2D eigenvalue weighted by atomic mass is 10.1. The van der Waals surface area contributed by atoms with E-state index in [1.807, 2.05) is 0 Å². The number of benzene rings is 2. The van der Waals surface area contributed by atoms with Crippen LogP contribution in [0.15, 0.2) is 65.3 Å². The summed E-state index contributed by atoms with van der Waals surface area (Å²) in [5.74, 6) is -0.124. The van der Waals surface area contributed by atoms with Crippen LogP contribution >= 0.6 is 11.6 Å². The van der Waals surface area contributed by atoms with Crippen molar-refractivity contribution < 1.29 is 27.2 Å². The molecule has 2 aromatic carbocycles. The monoisotopic (exact) mass is 505 g/mol. The molecule has 180 valence electrons. The summed E-state index contributed by atoms with van der Waals surface area (Å²) in [4.78, 5) is 25.8. The fourth-order valence-electron chi connectivity index (χ4n) is 3.30. The first kappa shape index (κ1) is 25.1. The summed E-state index contributed by atoms with van der Waals surface area (Å²) < 4.78 is 36.4. The van der Waals surface area contributed by atoms with Gasteiger partial charge in [0.05, 0.1) is 48.1 Å². The summed E-state index contributed by atoms with van der Waals surface area (Å²) in [6, 6.07) is 13.1. The van der Waals surface area contributed by atoms with Gasteiger partial charge < -0.3 is 19.8 Å². The van der Waals surface area contributed by atoms with Crippen molar-refractivity contribution in [3.63, 3.8) is 0 Å². The van der Waals surface area contributed by atoms with E-state index in [1.165, 1.54) is 38.5 Å². The van der Waals surface area contributed by atoms with E-state index < -0.39 is 27.9 Å². The molecule has 0 aliphatic heterocycles. The van der Waals surface area contributed by atoms with Gasteiger partial charge in [0.2, 0.25) is 15.9 Å². The Kier molecular flexibility index (Phi) is 7.85. The van der Waals surface area contributed by atoms with Gasteiger partial charge >= 0.3 is 0 Å². The number of anilines is 2. The highest BCUT2D eigenvalue weighted by atomic mass is 35.5. The first-order valence-corrected chi connectivity index (χ1v) is 12.4. The van der Waals surface area contributed by atoms with Crippen LogP contribution in [0.5, 0.6) is 5.75 Å². The molecule has 34 heavy (non-hydrogen) atoms. The third kappa shape index (κ3) is 5.89. The number of rotatable bonds is 9. The van der Waals surface area contributed by atoms with Gasteiger partial charge in [0.25, 0.3) is 5.91 Å². The predicted octanol–water partition coefficient (Wildman–Crippen LogP) is 3.66. The van der Waals surface area contributed by atoms with Crippen molar-refractivity contribution in [3.05, 3.63) is 77.2 Å². The number of nitrogens with one attached hydrogen (secondary N) is 2. The number of amides is 2. The van der Waals surface area contributed by atoms with Crippen molar-refractivity contribution >= 4 is 44.8 Å². The van der Waals surface area contributed by atoms with Gasteiger partial charge in [-0.1, -0.05) is 23.7 Å². The minimum absolute atomic E-state index is 0.171. The Bertz CT molecular complexity index is 1280. The maximum Gasteiger partial charge on any atom is 0.253 e. The van der Waals surface area contributed by atoms with E-state index in [4.69, 9.17) is 20.8 Å². The fourth-order valence-corrected chi connectivity index (χ4v) is 4.72. The molecule has 3 rings (SSSR count). The molecule has 0 spiro atoms. The highest BCUT2D eigenvalue weighted by Crippen LogP contribution is 2.31. The van der Waals surface area contributed by atoms with E-state index in [9.17, 15) is 18.0 Å². The van der Waals surface area contributed by atoms with Crippen molar-refractivity contribution in [2.75, 3.05) is 23.0 Å². The van der Waals surface area contributed by atoms with Gasteiger partial charge in [-0.15, -0.1) is 0 Å². The second-order valence-electron chi connectivity index (χ2n) is 7.35. The third-order valence-corrected chi connectivity index (χ3v) is 6.45. The molecule has 11 heteroatoms. The number of halogens is 1. The van der Waals surface area contributed by atoms with Crippen molar-refractivity contribution in [2.45, 2.75) is 19.5 Å². The van der Waals surface area contributed by atoms with Crippen molar-refractivity contribution in [1.29, 1.82) is 0 Å². The molecule has 9 nitrogen and oxygen atoms in total. The number of carbonyl (C=O) groups is 2. The first-order chi connectivity index (χ1) is 16.1. The molecule has 0 unspecified atom stereocenters. The number of sulfonamides is 1. The lowest BCUT2D eigenvalue weighted by Gasteiger charge is -2.28. The van der Waals surface area contributed by atoms with E-state index in [2.05, 4.69) is 10.6 Å². The van der Waals surface area contributed by atoms with Crippen molar-refractivity contribution in [2.24, 2.45) is 0 Å². The number of nitrogens with zero attached hydrogens (tertiary/aromatic N) is 1. The molecule has 0 saturated heterocycles. The standard InChI is InChI=1S/C23H24ClN3O6S/c1-15(27(34(3,30)31)16-10-11-21(32-2)19(24)13-16)22(28)26-20-9-5-4-8-18(20)23(29)25-14-17-7-6-12-33-17/h4-13,15H,14H2,1-3H3,(H,25,29)(H,26,28)/t15-/m0/s1. The van der Waals surface area contributed by atoms with Crippen LogP contribution in [0.1, 0.15) is 23.0 Å². The van der Waals surface area contributed by atoms with Crippen LogP contribution < -0.4 is 19.7 Å². The van der Waals surface area contributed by atoms with Crippen LogP contribution in [0.3, 0.4) is 0 Å². The number of hydrogen-bond donors (Lipinski definition) is 2. The van der Waals surface area contributed by atoms with E-state index >= 15 is 0 Å². The summed E-state index contributed by atoms with van der Waals surface area (Å²) in [6.07, 6.45) is 2.49. The zero-order valence-corrected chi connectivity index (χ0v) is 20.3. The normalized spacial score (nSPS) is 12.0. The zero-order valence-electron chi connectivity index (χ0n) is 18.7. The minimum Gasteiger partial charge on any atom is -0.495 e. The van der Waals surface area contributed by atoms with Crippen molar-refractivity contribution in [1.82, 2.24) is 5.32 Å². The summed E-state index contributed by atoms with van der Waals surface area (Å²) in [7, 11) is -2.43. The highest BCUT2D eigenvalue weighted by Gasteiger charge is 2.30. The first-order valence-electron chi connectivity index (χ1n) is 10.1. The molecular formula is C23H24ClN3O6S. The zero-order chi connectivity index (χ0) is 24.9. The Morgan fingerprint density at radius 2 is 1.88 bits per heavy atom. The van der Waals surface area contributed by atoms with E-state index in [1.54, 1.807) is 36.4 Å². The number of para-hydroxylation sites is 1. The molecule has 0 aliphatic carbocycles. The number of carbonyl (C=O) groups excluding carboxylic acids is 2. The predicted molar refractivity (Wildman–Crippen MR) is 130 cm³/mol. The molecule has 0 aliphatic rings. The molecule has 1 heterocycles. The van der Waals surface area contributed by atoms with Crippen LogP contribution in [-0.4, -0.2) is 39.6 Å². The molecule has 3 aromatic rings. The molecule has 0 bridgehead atoms. The van der Waals surface area contributed by atoms with Crippen LogP contribution in [0.2, 0.25) is 5.02 Å². The molecule has 2 amide bonds. The van der Waals surface area contributed by atoms with Gasteiger partial charge in [0.15, 0.2) is 0 Å². The largest absolute Gasteiger partial charge is 0.495 e. The number of methoxy groups -OCH3 is 1. The van der Waals surface area contributed by atoms with Gasteiger partial charge in [0.1, 0.15) is 17.6 Å². The topological polar surface area (TPSA) is 118 Å². The van der Waals surface area contributed by atoms with E-state index in [0.29, 0.717) is 11.5 Å². The Morgan fingerprint density at radius 3 is 2.50 bits per heavy atom. The third-order valence-electron chi connectivity index (χ3n) is 4.91. The maximum absolute atomic E-state index is 13.1. The second-order valence-corrected chi connectivity index (χ2v) is 9.62. The summed E-state index contributed by atoms with van der Waals surface area (Å²) in [6.45, 7) is 1.61. The van der Waals surface area contributed by atoms with Gasteiger partial charge in [0, 0.05) is 0 Å². The Hall–Kier alpha value is -3.50. The van der Waals surface area contributed by atoms with Crippen LogP contribution in [-0.2, 0) is 21.4 Å². The fraction of sp³-hybridized carbons (Fsp3) is 0.217. The van der Waals surface area contributed by atoms with Gasteiger partial charge in [-0.25, -0.2) is 8.42 Å². The van der Waals surface area contributed by atoms with Crippen LogP contribution in [0.25, 0.3) is 0 Å². The average molecular weight is 506 g/mol. The smallest absolute Gasteiger partial charge is 0.253 e. The number of ether oxygens (including phenoxy) is 1. The summed E-state index contributed by atoms with van der Waals surface area (Å²) in [5.41, 5.74) is 0.644. The maximum atomic E-state index is 13.1. The molecule has 1 aromatic heterocycles. The molecule has 0 fully saturated rings. The van der Waals surface area contributed by atoms with Crippen LogP contribution in [0, 0.1) is 0 Å². The van der Waals surface area contributed by atoms with Crippen molar-refractivity contribution in [3.8, 4) is 5.75 Å². The molecule has 0 radical (unpaired) electrons. The van der Waals surface area contributed by atoms with E-state index in [0.717, 1.165) is 10.6 Å². The van der Waals surface area contributed by atoms with Crippen LogP contribution in [0.4, 0.5) is 11.4 Å². The highest BCUT2D eigenvalue weighted by molar-refractivity contribution is 7.92. The van der Waals surface area contributed by atoms with Gasteiger partial charge in [-0.3, -0.25) is 13.9 Å². The molecular weight excluding hydrogens is 482 g/mol. The summed E-state index contributed by atoms with van der Waals surface area (Å²) >= 11 is 6.16. The Balaban J connectivity index is 1.82. The second kappa shape index (κ2) is 10.6. The number of hydrogen-bond acceptors (Lipinski definition) is 6. The minimum atomic E-state index is -3.87. The Morgan fingerprint density at radius 1 is 1.15 bits per heavy atom. The quantitative estimate of drug-likeness (QED) is 0.458. The van der Waals surface area contributed by atoms with E-state index in [-0.39, 0.29) is 28.5 Å². The van der Waals surface area contributed by atoms with Gasteiger partial charge in [-0.05, 0) is 49.4 Å². The summed E-state index contributed by atoms with van der Waals surface area (Å²) in [5, 5.41) is 5.57. The molecule has 2 N–H and O–H groups in total. The molecule has 1 atom stereocenters. The van der Waals surface area contributed by atoms with Gasteiger partial charge in [-0.2, -0.15) is 0 Å². The lowest BCUT2D eigenvalue weighted by Crippen LogP contribution is -2.45. The average Bonchev–Trinajstić information content (AvgIpc) is 3.31. The SMILES string of the molecule is COc1ccc(N([C@@H](C)C(=O)Nc2ccccc2C(=O)NCc2ccco2)S(C)(=O)=O)cc1Cl. The lowest BCUT2D eigenvalue weighted by molar-refractivity contribution is -0.116.